The highest BCUT2D eigenvalue weighted by molar-refractivity contribution is 5.69. The van der Waals surface area contributed by atoms with Gasteiger partial charge < -0.3 is 14.1 Å². The van der Waals surface area contributed by atoms with Crippen LogP contribution in [-0.4, -0.2) is 51.5 Å². The SMILES string of the molecule is COCCn1nc(C)nc1CC1CCCN(c2nc3ncccc3o2)C1. The number of methoxy groups -OCH3 is 1. The predicted octanol–water partition coefficient (Wildman–Crippen LogP) is 2.23. The Bertz CT molecular complexity index is 841. The number of pyridine rings is 1. The number of anilines is 1. The van der Waals surface area contributed by atoms with Crippen LogP contribution >= 0.6 is 0 Å². The van der Waals surface area contributed by atoms with Gasteiger partial charge in [0.1, 0.15) is 11.6 Å². The van der Waals surface area contributed by atoms with Gasteiger partial charge in [0.25, 0.3) is 6.01 Å². The summed E-state index contributed by atoms with van der Waals surface area (Å²) in [6.07, 6.45) is 4.93. The first-order valence-electron chi connectivity index (χ1n) is 9.08. The first kappa shape index (κ1) is 17.0. The van der Waals surface area contributed by atoms with Crippen molar-refractivity contribution in [2.75, 3.05) is 31.7 Å². The third-order valence-corrected chi connectivity index (χ3v) is 4.78. The first-order valence-corrected chi connectivity index (χ1v) is 9.08. The van der Waals surface area contributed by atoms with Gasteiger partial charge in [-0.05, 0) is 37.8 Å². The normalized spacial score (nSPS) is 17.9. The summed E-state index contributed by atoms with van der Waals surface area (Å²) in [6.45, 7) is 5.18. The van der Waals surface area contributed by atoms with Gasteiger partial charge in [0, 0.05) is 32.8 Å². The average molecular weight is 356 g/mol. The number of piperidine rings is 1. The van der Waals surface area contributed by atoms with Gasteiger partial charge in [-0.3, -0.25) is 0 Å². The van der Waals surface area contributed by atoms with Crippen molar-refractivity contribution in [3.8, 4) is 0 Å². The van der Waals surface area contributed by atoms with Crippen molar-refractivity contribution in [3.05, 3.63) is 30.0 Å². The highest BCUT2D eigenvalue weighted by atomic mass is 16.5. The summed E-state index contributed by atoms with van der Waals surface area (Å²) in [5.41, 5.74) is 1.40. The number of fused-ring (bicyclic) bond motifs is 1. The summed E-state index contributed by atoms with van der Waals surface area (Å²) in [4.78, 5) is 15.6. The summed E-state index contributed by atoms with van der Waals surface area (Å²) in [7, 11) is 1.71. The number of hydrogen-bond donors (Lipinski definition) is 0. The maximum atomic E-state index is 5.89. The van der Waals surface area contributed by atoms with E-state index in [-0.39, 0.29) is 0 Å². The van der Waals surface area contributed by atoms with Gasteiger partial charge in [-0.15, -0.1) is 0 Å². The van der Waals surface area contributed by atoms with Gasteiger partial charge in [-0.2, -0.15) is 10.1 Å². The molecule has 26 heavy (non-hydrogen) atoms. The minimum absolute atomic E-state index is 0.497. The molecule has 1 aliphatic rings. The minimum Gasteiger partial charge on any atom is -0.422 e. The van der Waals surface area contributed by atoms with Crippen molar-refractivity contribution in [3.63, 3.8) is 0 Å². The molecule has 3 aromatic heterocycles. The lowest BCUT2D eigenvalue weighted by atomic mass is 9.94. The number of ether oxygens (including phenoxy) is 1. The standard InChI is InChI=1S/C18H24N6O2/c1-13-20-16(24(22-13)9-10-25-2)11-14-5-4-8-23(12-14)18-21-17-15(26-18)6-3-7-19-17/h3,6-7,14H,4-5,8-12H2,1-2H3. The van der Waals surface area contributed by atoms with Crippen LogP contribution in [0.5, 0.6) is 0 Å². The Labute approximate surface area is 152 Å². The smallest absolute Gasteiger partial charge is 0.299 e. The second-order valence-corrected chi connectivity index (χ2v) is 6.77. The lowest BCUT2D eigenvalue weighted by Gasteiger charge is -2.31. The fourth-order valence-electron chi connectivity index (χ4n) is 3.56. The molecule has 4 heterocycles. The molecule has 0 N–H and O–H groups in total. The van der Waals surface area contributed by atoms with E-state index in [0.29, 0.717) is 24.2 Å². The fourth-order valence-corrected chi connectivity index (χ4v) is 3.56. The maximum Gasteiger partial charge on any atom is 0.299 e. The fraction of sp³-hybridized carbons (Fsp3) is 0.556. The second kappa shape index (κ2) is 7.41. The van der Waals surface area contributed by atoms with Crippen LogP contribution in [0.2, 0.25) is 0 Å². The van der Waals surface area contributed by atoms with Crippen LogP contribution in [0.4, 0.5) is 6.01 Å². The largest absolute Gasteiger partial charge is 0.422 e. The molecule has 1 aliphatic heterocycles. The molecule has 138 valence electrons. The van der Waals surface area contributed by atoms with Crippen LogP contribution in [0.3, 0.4) is 0 Å². The third-order valence-electron chi connectivity index (χ3n) is 4.78. The quantitative estimate of drug-likeness (QED) is 0.670. The van der Waals surface area contributed by atoms with Crippen LogP contribution in [0.25, 0.3) is 11.2 Å². The van der Waals surface area contributed by atoms with Gasteiger partial charge >= 0.3 is 0 Å². The molecule has 0 aliphatic carbocycles. The lowest BCUT2D eigenvalue weighted by molar-refractivity contribution is 0.181. The number of oxazole rings is 1. The number of hydrogen-bond acceptors (Lipinski definition) is 7. The predicted molar refractivity (Wildman–Crippen MR) is 97.1 cm³/mol. The Kier molecular flexibility index (Phi) is 4.83. The van der Waals surface area contributed by atoms with Crippen LogP contribution in [0, 0.1) is 12.8 Å². The van der Waals surface area contributed by atoms with E-state index in [1.54, 1.807) is 13.3 Å². The van der Waals surface area contributed by atoms with Gasteiger partial charge in [-0.25, -0.2) is 14.6 Å². The molecule has 0 amide bonds. The summed E-state index contributed by atoms with van der Waals surface area (Å²) in [6, 6.07) is 4.44. The summed E-state index contributed by atoms with van der Waals surface area (Å²) in [5, 5.41) is 4.49. The molecular formula is C18H24N6O2. The number of aromatic nitrogens is 5. The van der Waals surface area contributed by atoms with Gasteiger partial charge in [0.2, 0.25) is 5.65 Å². The molecular weight excluding hydrogens is 332 g/mol. The first-order chi connectivity index (χ1) is 12.7. The van der Waals surface area contributed by atoms with E-state index in [4.69, 9.17) is 9.15 Å². The topological polar surface area (TPSA) is 82.1 Å². The zero-order valence-electron chi connectivity index (χ0n) is 15.3. The summed E-state index contributed by atoms with van der Waals surface area (Å²) in [5.74, 6) is 2.34. The molecule has 4 rings (SSSR count). The van der Waals surface area contributed by atoms with Gasteiger partial charge in [0.15, 0.2) is 5.58 Å². The van der Waals surface area contributed by atoms with E-state index in [9.17, 15) is 0 Å². The number of nitrogens with zero attached hydrogens (tertiary/aromatic N) is 6. The van der Waals surface area contributed by atoms with Crippen LogP contribution in [0.1, 0.15) is 24.5 Å². The van der Waals surface area contributed by atoms with Crippen molar-refractivity contribution in [1.29, 1.82) is 0 Å². The van der Waals surface area contributed by atoms with E-state index in [1.807, 2.05) is 23.7 Å². The number of rotatable bonds is 6. The molecule has 0 aromatic carbocycles. The van der Waals surface area contributed by atoms with E-state index >= 15 is 0 Å². The molecule has 0 radical (unpaired) electrons. The molecule has 1 fully saturated rings. The zero-order chi connectivity index (χ0) is 17.9. The van der Waals surface area contributed by atoms with Gasteiger partial charge in [0.05, 0.1) is 13.2 Å². The van der Waals surface area contributed by atoms with Crippen molar-refractivity contribution < 1.29 is 9.15 Å². The lowest BCUT2D eigenvalue weighted by Crippen LogP contribution is -2.36. The summed E-state index contributed by atoms with van der Waals surface area (Å²) >= 11 is 0. The molecule has 1 unspecified atom stereocenters. The minimum atomic E-state index is 0.497. The zero-order valence-corrected chi connectivity index (χ0v) is 15.3. The molecule has 1 saturated heterocycles. The highest BCUT2D eigenvalue weighted by Crippen LogP contribution is 2.27. The molecule has 0 bridgehead atoms. The van der Waals surface area contributed by atoms with Crippen molar-refractivity contribution >= 4 is 17.2 Å². The van der Waals surface area contributed by atoms with Crippen LogP contribution in [-0.2, 0) is 17.7 Å². The van der Waals surface area contributed by atoms with E-state index in [0.717, 1.165) is 49.7 Å². The Hall–Kier alpha value is -2.48. The van der Waals surface area contributed by atoms with Gasteiger partial charge in [-0.1, -0.05) is 0 Å². The van der Waals surface area contributed by atoms with Crippen molar-refractivity contribution in [2.24, 2.45) is 5.92 Å². The van der Waals surface area contributed by atoms with Crippen LogP contribution in [0.15, 0.2) is 22.7 Å². The molecule has 8 heteroatoms. The van der Waals surface area contributed by atoms with Crippen LogP contribution < -0.4 is 4.90 Å². The molecule has 0 saturated carbocycles. The van der Waals surface area contributed by atoms with Crippen molar-refractivity contribution in [1.82, 2.24) is 24.7 Å². The van der Waals surface area contributed by atoms with Crippen molar-refractivity contribution in [2.45, 2.75) is 32.7 Å². The Morgan fingerprint density at radius 3 is 3.12 bits per heavy atom. The average Bonchev–Trinajstić information content (AvgIpc) is 3.23. The monoisotopic (exact) mass is 356 g/mol. The summed E-state index contributed by atoms with van der Waals surface area (Å²) < 4.78 is 13.0. The molecule has 0 spiro atoms. The van der Waals surface area contributed by atoms with E-state index in [2.05, 4.69) is 25.0 Å². The molecule has 8 nitrogen and oxygen atoms in total. The molecule has 3 aromatic rings. The second-order valence-electron chi connectivity index (χ2n) is 6.77. The third kappa shape index (κ3) is 3.55. The molecule has 1 atom stereocenters. The highest BCUT2D eigenvalue weighted by Gasteiger charge is 2.25. The Balaban J connectivity index is 1.47. The van der Waals surface area contributed by atoms with E-state index in [1.165, 1.54) is 6.42 Å². The maximum absolute atomic E-state index is 5.89. The Morgan fingerprint density at radius 1 is 1.35 bits per heavy atom. The Morgan fingerprint density at radius 2 is 2.27 bits per heavy atom. The number of aryl methyl sites for hydroxylation is 1. The van der Waals surface area contributed by atoms with E-state index < -0.39 is 0 Å².